The molecular weight excluding hydrogens is 220 g/mol. The lowest BCUT2D eigenvalue weighted by Gasteiger charge is -2.08. The summed E-state index contributed by atoms with van der Waals surface area (Å²) in [5.74, 6) is 0. The van der Waals surface area contributed by atoms with Crippen LogP contribution in [0.5, 0.6) is 0 Å². The molecule has 0 aliphatic carbocycles. The minimum absolute atomic E-state index is 0.0214. The molecule has 0 bridgehead atoms. The molecule has 0 aliphatic rings. The van der Waals surface area contributed by atoms with Gasteiger partial charge in [-0.3, -0.25) is 0 Å². The van der Waals surface area contributed by atoms with Crippen molar-refractivity contribution in [1.82, 2.24) is 0 Å². The summed E-state index contributed by atoms with van der Waals surface area (Å²) in [7, 11) is 1.79. The van der Waals surface area contributed by atoms with E-state index >= 15 is 0 Å². The lowest BCUT2D eigenvalue weighted by Crippen LogP contribution is -1.98. The third-order valence-corrected chi connectivity index (χ3v) is 2.30. The lowest BCUT2D eigenvalue weighted by molar-refractivity contribution is 0.282. The fourth-order valence-electron chi connectivity index (χ4n) is 0.972. The number of nitrogens with two attached hydrogens (primary N) is 1. The SMILES string of the molecule is CNc1cc(CO)cc(Br)c1N. The summed E-state index contributed by atoms with van der Waals surface area (Å²) in [6.07, 6.45) is 0. The van der Waals surface area contributed by atoms with Gasteiger partial charge in [-0.15, -0.1) is 0 Å². The molecule has 4 heteroatoms. The van der Waals surface area contributed by atoms with Crippen molar-refractivity contribution < 1.29 is 5.11 Å². The summed E-state index contributed by atoms with van der Waals surface area (Å²) in [5, 5.41) is 11.8. The van der Waals surface area contributed by atoms with Crippen molar-refractivity contribution in [1.29, 1.82) is 0 Å². The van der Waals surface area contributed by atoms with Gasteiger partial charge in [0.25, 0.3) is 0 Å². The zero-order valence-electron chi connectivity index (χ0n) is 6.76. The van der Waals surface area contributed by atoms with E-state index in [1.165, 1.54) is 0 Å². The van der Waals surface area contributed by atoms with E-state index in [9.17, 15) is 0 Å². The van der Waals surface area contributed by atoms with Gasteiger partial charge in [-0.05, 0) is 33.6 Å². The average Bonchev–Trinajstić information content (AvgIpc) is 2.09. The van der Waals surface area contributed by atoms with Crippen LogP contribution in [0.2, 0.25) is 0 Å². The normalized spacial score (nSPS) is 9.92. The Hall–Kier alpha value is -0.740. The highest BCUT2D eigenvalue weighted by molar-refractivity contribution is 9.10. The predicted octanol–water partition coefficient (Wildman–Crippen LogP) is 1.57. The number of hydrogen-bond donors (Lipinski definition) is 3. The Kier molecular flexibility index (Phi) is 2.94. The molecule has 1 aromatic carbocycles. The van der Waals surface area contributed by atoms with Crippen molar-refractivity contribution in [2.75, 3.05) is 18.1 Å². The Labute approximate surface area is 79.7 Å². The van der Waals surface area contributed by atoms with E-state index in [0.29, 0.717) is 5.69 Å². The molecule has 0 amide bonds. The Bertz CT molecular complexity index is 289. The molecule has 0 saturated carbocycles. The van der Waals surface area contributed by atoms with Crippen molar-refractivity contribution in [2.24, 2.45) is 0 Å². The number of benzene rings is 1. The van der Waals surface area contributed by atoms with Gasteiger partial charge in [0.15, 0.2) is 0 Å². The molecule has 4 N–H and O–H groups in total. The molecule has 1 rings (SSSR count). The van der Waals surface area contributed by atoms with Crippen molar-refractivity contribution in [3.63, 3.8) is 0 Å². The van der Waals surface area contributed by atoms with Crippen LogP contribution in [0.4, 0.5) is 11.4 Å². The van der Waals surface area contributed by atoms with E-state index in [1.54, 1.807) is 13.1 Å². The molecule has 66 valence electrons. The lowest BCUT2D eigenvalue weighted by atomic mass is 10.2. The fraction of sp³-hybridized carbons (Fsp3) is 0.250. The van der Waals surface area contributed by atoms with Gasteiger partial charge >= 0.3 is 0 Å². The maximum Gasteiger partial charge on any atom is 0.0694 e. The molecule has 0 fully saturated rings. The van der Waals surface area contributed by atoms with Crippen molar-refractivity contribution in [2.45, 2.75) is 6.61 Å². The minimum Gasteiger partial charge on any atom is -0.396 e. The van der Waals surface area contributed by atoms with Crippen LogP contribution in [0.1, 0.15) is 5.56 Å². The second kappa shape index (κ2) is 3.78. The van der Waals surface area contributed by atoms with Gasteiger partial charge < -0.3 is 16.2 Å². The predicted molar refractivity (Wildman–Crippen MR) is 54.0 cm³/mol. The van der Waals surface area contributed by atoms with Crippen molar-refractivity contribution in [3.8, 4) is 0 Å². The van der Waals surface area contributed by atoms with Gasteiger partial charge in [0.05, 0.1) is 18.0 Å². The average molecular weight is 231 g/mol. The van der Waals surface area contributed by atoms with Crippen molar-refractivity contribution in [3.05, 3.63) is 22.2 Å². The molecule has 0 atom stereocenters. The summed E-state index contributed by atoms with van der Waals surface area (Å²) in [6, 6.07) is 3.62. The molecular formula is C8H11BrN2O. The Balaban J connectivity index is 3.19. The molecule has 0 aromatic heterocycles. The number of anilines is 2. The first-order valence-corrected chi connectivity index (χ1v) is 4.35. The van der Waals surface area contributed by atoms with E-state index in [4.69, 9.17) is 10.8 Å². The molecule has 0 saturated heterocycles. The Morgan fingerprint density at radius 2 is 2.25 bits per heavy atom. The largest absolute Gasteiger partial charge is 0.396 e. The maximum atomic E-state index is 8.88. The van der Waals surface area contributed by atoms with Crippen LogP contribution in [0, 0.1) is 0 Å². The van der Waals surface area contributed by atoms with Gasteiger partial charge in [-0.25, -0.2) is 0 Å². The zero-order chi connectivity index (χ0) is 9.14. The van der Waals surface area contributed by atoms with Gasteiger partial charge in [-0.1, -0.05) is 0 Å². The van der Waals surface area contributed by atoms with Crippen LogP contribution in [0.15, 0.2) is 16.6 Å². The Morgan fingerprint density at radius 1 is 1.58 bits per heavy atom. The first-order chi connectivity index (χ1) is 5.69. The molecule has 12 heavy (non-hydrogen) atoms. The van der Waals surface area contributed by atoms with Gasteiger partial charge in [0.1, 0.15) is 0 Å². The zero-order valence-corrected chi connectivity index (χ0v) is 8.35. The monoisotopic (exact) mass is 230 g/mol. The van der Waals surface area contributed by atoms with E-state index < -0.39 is 0 Å². The standard InChI is InChI=1S/C8H11BrN2O/c1-11-7-3-5(4-12)2-6(9)8(7)10/h2-3,11-12H,4,10H2,1H3. The van der Waals surface area contributed by atoms with Crippen LogP contribution in [-0.4, -0.2) is 12.2 Å². The summed E-state index contributed by atoms with van der Waals surface area (Å²) >= 11 is 3.30. The third kappa shape index (κ3) is 1.70. The summed E-state index contributed by atoms with van der Waals surface area (Å²) in [5.41, 5.74) is 8.05. The molecule has 1 aromatic rings. The highest BCUT2D eigenvalue weighted by Crippen LogP contribution is 2.29. The number of nitrogen functional groups attached to an aromatic ring is 1. The number of hydrogen-bond acceptors (Lipinski definition) is 3. The molecule has 0 radical (unpaired) electrons. The van der Waals surface area contributed by atoms with Crippen LogP contribution in [-0.2, 0) is 6.61 Å². The van der Waals surface area contributed by atoms with E-state index in [-0.39, 0.29) is 6.61 Å². The second-order valence-corrected chi connectivity index (χ2v) is 3.30. The number of aliphatic hydroxyl groups is 1. The van der Waals surface area contributed by atoms with E-state index in [2.05, 4.69) is 21.2 Å². The fourth-order valence-corrected chi connectivity index (χ4v) is 1.48. The summed E-state index contributed by atoms with van der Waals surface area (Å²) in [4.78, 5) is 0. The van der Waals surface area contributed by atoms with E-state index in [1.807, 2.05) is 6.07 Å². The number of aliphatic hydroxyl groups excluding tert-OH is 1. The smallest absolute Gasteiger partial charge is 0.0694 e. The van der Waals surface area contributed by atoms with Crippen molar-refractivity contribution >= 4 is 27.3 Å². The highest BCUT2D eigenvalue weighted by atomic mass is 79.9. The number of rotatable bonds is 2. The summed E-state index contributed by atoms with van der Waals surface area (Å²) < 4.78 is 0.804. The van der Waals surface area contributed by atoms with Crippen LogP contribution in [0.25, 0.3) is 0 Å². The molecule has 0 heterocycles. The minimum atomic E-state index is 0.0214. The third-order valence-electron chi connectivity index (χ3n) is 1.64. The first kappa shape index (κ1) is 9.35. The van der Waals surface area contributed by atoms with Crippen LogP contribution < -0.4 is 11.1 Å². The number of halogens is 1. The topological polar surface area (TPSA) is 58.3 Å². The van der Waals surface area contributed by atoms with E-state index in [0.717, 1.165) is 15.7 Å². The molecule has 0 aliphatic heterocycles. The first-order valence-electron chi connectivity index (χ1n) is 3.55. The van der Waals surface area contributed by atoms with Gasteiger partial charge in [0, 0.05) is 11.5 Å². The quantitative estimate of drug-likeness (QED) is 0.677. The highest BCUT2D eigenvalue weighted by Gasteiger charge is 2.03. The van der Waals surface area contributed by atoms with Gasteiger partial charge in [-0.2, -0.15) is 0 Å². The molecule has 3 nitrogen and oxygen atoms in total. The molecule has 0 unspecified atom stereocenters. The van der Waals surface area contributed by atoms with Crippen LogP contribution in [0.3, 0.4) is 0 Å². The Morgan fingerprint density at radius 3 is 2.75 bits per heavy atom. The molecule has 0 spiro atoms. The maximum absolute atomic E-state index is 8.88. The van der Waals surface area contributed by atoms with Gasteiger partial charge in [0.2, 0.25) is 0 Å². The number of nitrogens with one attached hydrogen (secondary N) is 1. The second-order valence-electron chi connectivity index (χ2n) is 2.45. The van der Waals surface area contributed by atoms with Crippen LogP contribution >= 0.6 is 15.9 Å². The summed E-state index contributed by atoms with van der Waals surface area (Å²) in [6.45, 7) is 0.0214.